The summed E-state index contributed by atoms with van der Waals surface area (Å²) in [6, 6.07) is 16.1. The first-order chi connectivity index (χ1) is 13.7. The van der Waals surface area contributed by atoms with Crippen LogP contribution in [0.25, 0.3) is 0 Å². The number of carbonyl (C=O) groups excluding carboxylic acids is 1. The highest BCUT2D eigenvalue weighted by atomic mass is 19.4. The van der Waals surface area contributed by atoms with Gasteiger partial charge in [-0.25, -0.2) is 13.2 Å². The molecule has 0 N–H and O–H groups in total. The molecule has 3 aromatic carbocycles. The van der Waals surface area contributed by atoms with Crippen LogP contribution >= 0.6 is 0 Å². The quantitative estimate of drug-likeness (QED) is 0.320. The molecule has 3 rings (SSSR count). The minimum atomic E-state index is -4.53. The van der Waals surface area contributed by atoms with E-state index in [1.807, 2.05) is 0 Å². The molecule has 8 heteroatoms. The van der Waals surface area contributed by atoms with Crippen molar-refractivity contribution in [2.24, 2.45) is 0 Å². The van der Waals surface area contributed by atoms with E-state index >= 15 is 0 Å². The molecule has 0 aliphatic rings. The van der Waals surface area contributed by atoms with E-state index in [2.05, 4.69) is 0 Å². The van der Waals surface area contributed by atoms with Crippen molar-refractivity contribution in [3.05, 3.63) is 107 Å². The molecule has 0 amide bonds. The average molecular weight is 432 g/mol. The molecule has 3 aromatic rings. The summed E-state index contributed by atoms with van der Waals surface area (Å²) in [6.45, 7) is 1.44. The molecule has 0 aliphatic carbocycles. The van der Waals surface area contributed by atoms with Crippen molar-refractivity contribution < 1.29 is 35.8 Å². The van der Waals surface area contributed by atoms with Gasteiger partial charge in [0, 0.05) is 0 Å². The lowest BCUT2D eigenvalue weighted by Gasteiger charge is -2.21. The maximum absolute atomic E-state index is 13.1. The van der Waals surface area contributed by atoms with E-state index in [1.54, 1.807) is 18.2 Å². The van der Waals surface area contributed by atoms with Gasteiger partial charge in [0.15, 0.2) is 0 Å². The summed E-state index contributed by atoms with van der Waals surface area (Å²) >= 11 is 0. The summed E-state index contributed by atoms with van der Waals surface area (Å²) in [7, 11) is 0. The lowest BCUT2D eigenvalue weighted by molar-refractivity contribution is -0.141. The average Bonchev–Trinajstić information content (AvgIpc) is 2.66. The molecule has 162 valence electrons. The van der Waals surface area contributed by atoms with Crippen molar-refractivity contribution in [1.82, 2.24) is 0 Å². The van der Waals surface area contributed by atoms with E-state index in [0.717, 1.165) is 54.8 Å². The predicted molar refractivity (Wildman–Crippen MR) is 101 cm³/mol. The second-order valence-corrected chi connectivity index (χ2v) is 5.61. The summed E-state index contributed by atoms with van der Waals surface area (Å²) in [5.74, 6) is -3.29. The number of hydrogen-bond acceptors (Lipinski definition) is 1. The maximum Gasteiger partial charge on any atom is 0.399 e. The molecule has 0 bridgehead atoms. The number of alkyl halides is 3. The fraction of sp³-hybridized carbons (Fsp3) is 0.136. The molecule has 0 atom stereocenters. The first-order valence-electron chi connectivity index (χ1n) is 8.37. The molecule has 0 radical (unpaired) electrons. The third-order valence-corrected chi connectivity index (χ3v) is 3.47. The fourth-order valence-corrected chi connectivity index (χ4v) is 2.30. The number of rotatable bonds is 2. The molecular weight excluding hydrogens is 413 g/mol. The Labute approximate surface area is 169 Å². The Bertz CT molecular complexity index is 800. The molecular formula is C22H19F7O. The number of carbonyl (C=O) groups is 1. The second-order valence-electron chi connectivity index (χ2n) is 5.61. The van der Waals surface area contributed by atoms with Crippen LogP contribution in [0.15, 0.2) is 78.9 Å². The highest BCUT2D eigenvalue weighted by Gasteiger charge is 2.41. The number of halogens is 7. The van der Waals surface area contributed by atoms with Gasteiger partial charge in [-0.1, -0.05) is 42.5 Å². The zero-order chi connectivity index (χ0) is 21.9. The largest absolute Gasteiger partial charge is 0.399 e. The maximum atomic E-state index is 13.1. The lowest BCUT2D eigenvalue weighted by atomic mass is 9.91. The Balaban J connectivity index is 0.000000637. The molecule has 1 nitrogen and oxygen atoms in total. The lowest BCUT2D eigenvalue weighted by Crippen LogP contribution is -2.22. The van der Waals surface area contributed by atoms with Crippen LogP contribution in [0.2, 0.25) is 0 Å². The van der Waals surface area contributed by atoms with Crippen molar-refractivity contribution in [3.63, 3.8) is 0 Å². The van der Waals surface area contributed by atoms with Crippen LogP contribution in [0.1, 0.15) is 24.0 Å². The van der Waals surface area contributed by atoms with E-state index in [1.165, 1.54) is 19.1 Å². The Kier molecular flexibility index (Phi) is 11.8. The van der Waals surface area contributed by atoms with Crippen LogP contribution < -0.4 is 0 Å². The fourth-order valence-electron chi connectivity index (χ4n) is 2.30. The molecule has 0 aromatic heterocycles. The van der Waals surface area contributed by atoms with Crippen molar-refractivity contribution in [3.8, 4) is 0 Å². The molecule has 0 spiro atoms. The van der Waals surface area contributed by atoms with E-state index in [4.69, 9.17) is 4.79 Å². The van der Waals surface area contributed by atoms with Crippen LogP contribution in [-0.4, -0.2) is 12.5 Å². The van der Waals surface area contributed by atoms with Crippen LogP contribution in [0.4, 0.5) is 31.0 Å². The number of aldehydes is 1. The monoisotopic (exact) mass is 432 g/mol. The van der Waals surface area contributed by atoms with E-state index < -0.39 is 23.7 Å². The Hall–Kier alpha value is -3.16. The van der Waals surface area contributed by atoms with Crippen molar-refractivity contribution in [2.45, 2.75) is 19.0 Å². The van der Waals surface area contributed by atoms with Crippen LogP contribution in [0.3, 0.4) is 0 Å². The minimum absolute atomic E-state index is 0. The SMILES string of the molecule is CC=O.F.Fc1ccc(C(c2ccc(F)cc2)C(F)(F)F)cc1.Fc1ccccc1. The topological polar surface area (TPSA) is 17.1 Å². The Morgan fingerprint density at radius 3 is 1.20 bits per heavy atom. The zero-order valence-electron chi connectivity index (χ0n) is 15.7. The minimum Gasteiger partial charge on any atom is -0.304 e. The highest BCUT2D eigenvalue weighted by Crippen LogP contribution is 2.40. The molecule has 0 fully saturated rings. The molecule has 0 saturated heterocycles. The van der Waals surface area contributed by atoms with Gasteiger partial charge in [-0.2, -0.15) is 13.2 Å². The van der Waals surface area contributed by atoms with Gasteiger partial charge in [0.2, 0.25) is 0 Å². The van der Waals surface area contributed by atoms with Gasteiger partial charge in [0.1, 0.15) is 29.7 Å². The Morgan fingerprint density at radius 2 is 0.967 bits per heavy atom. The second kappa shape index (κ2) is 13.1. The highest BCUT2D eigenvalue weighted by molar-refractivity contribution is 5.44. The van der Waals surface area contributed by atoms with E-state index in [0.29, 0.717) is 0 Å². The van der Waals surface area contributed by atoms with Crippen LogP contribution in [0.5, 0.6) is 0 Å². The van der Waals surface area contributed by atoms with Crippen molar-refractivity contribution >= 4 is 6.29 Å². The molecule has 0 aliphatic heterocycles. The summed E-state index contributed by atoms with van der Waals surface area (Å²) < 4.78 is 76.8. The molecule has 0 saturated carbocycles. The standard InChI is InChI=1S/C14H9F5.C6H5F.C2H4O.FH/c15-11-5-1-9(2-6-11)13(14(17,18)19)10-3-7-12(16)8-4-10;7-6-4-2-1-3-5-6;1-2-3;/h1-8,13H;1-5H;2H,1H3;1H. The first-order valence-corrected chi connectivity index (χ1v) is 8.37. The normalized spacial score (nSPS) is 10.0. The van der Waals surface area contributed by atoms with Crippen LogP contribution in [0, 0.1) is 17.5 Å². The summed E-state index contributed by atoms with van der Waals surface area (Å²) in [6.07, 6.45) is -3.78. The van der Waals surface area contributed by atoms with Gasteiger partial charge >= 0.3 is 6.18 Å². The van der Waals surface area contributed by atoms with Gasteiger partial charge in [-0.3, -0.25) is 4.70 Å². The summed E-state index contributed by atoms with van der Waals surface area (Å²) in [4.78, 5) is 8.81. The van der Waals surface area contributed by atoms with Gasteiger partial charge in [-0.05, 0) is 54.4 Å². The predicted octanol–water partition coefficient (Wildman–Crippen LogP) is 6.84. The molecule has 30 heavy (non-hydrogen) atoms. The zero-order valence-corrected chi connectivity index (χ0v) is 15.7. The van der Waals surface area contributed by atoms with E-state index in [9.17, 15) is 26.3 Å². The van der Waals surface area contributed by atoms with Gasteiger partial charge < -0.3 is 4.79 Å². The van der Waals surface area contributed by atoms with Crippen molar-refractivity contribution in [1.29, 1.82) is 0 Å². The van der Waals surface area contributed by atoms with Crippen LogP contribution in [-0.2, 0) is 4.79 Å². The summed E-state index contributed by atoms with van der Waals surface area (Å²) in [5, 5.41) is 0. The van der Waals surface area contributed by atoms with Gasteiger partial charge in [0.25, 0.3) is 0 Å². The molecule has 0 unspecified atom stereocenters. The Morgan fingerprint density at radius 1 is 0.667 bits per heavy atom. The number of hydrogen-bond donors (Lipinski definition) is 0. The third kappa shape index (κ3) is 9.36. The first kappa shape index (κ1) is 26.8. The van der Waals surface area contributed by atoms with Gasteiger partial charge in [-0.15, -0.1) is 0 Å². The third-order valence-electron chi connectivity index (χ3n) is 3.47. The van der Waals surface area contributed by atoms with Gasteiger partial charge in [0.05, 0.1) is 0 Å². The summed E-state index contributed by atoms with van der Waals surface area (Å²) in [5.41, 5.74) is -0.166. The number of benzene rings is 3. The van der Waals surface area contributed by atoms with Crippen molar-refractivity contribution in [2.75, 3.05) is 0 Å². The van der Waals surface area contributed by atoms with E-state index in [-0.39, 0.29) is 21.6 Å². The molecule has 0 heterocycles. The smallest absolute Gasteiger partial charge is 0.304 e.